The van der Waals surface area contributed by atoms with E-state index in [0.717, 1.165) is 29.2 Å². The van der Waals surface area contributed by atoms with Gasteiger partial charge in [0, 0.05) is 37.6 Å². The number of nitrogens with zero attached hydrogens (tertiary/aromatic N) is 3. The summed E-state index contributed by atoms with van der Waals surface area (Å²) in [6, 6.07) is -0.0609. The van der Waals surface area contributed by atoms with Crippen LogP contribution in [0.1, 0.15) is 42.1 Å². The van der Waals surface area contributed by atoms with Gasteiger partial charge in [-0.2, -0.15) is 5.10 Å². The summed E-state index contributed by atoms with van der Waals surface area (Å²) < 4.78 is 1.78. The first-order valence-electron chi connectivity index (χ1n) is 8.02. The van der Waals surface area contributed by atoms with E-state index in [9.17, 15) is 4.79 Å². The molecule has 1 unspecified atom stereocenters. The number of aromatic nitrogens is 3. The van der Waals surface area contributed by atoms with Crippen molar-refractivity contribution in [2.24, 2.45) is 13.0 Å². The van der Waals surface area contributed by atoms with Gasteiger partial charge in [-0.15, -0.1) is 36.2 Å². The molecule has 2 N–H and O–H groups in total. The van der Waals surface area contributed by atoms with Crippen LogP contribution in [0.2, 0.25) is 0 Å². The minimum atomic E-state index is -0.0640. The molecule has 3 heterocycles. The van der Waals surface area contributed by atoms with E-state index in [0.29, 0.717) is 6.54 Å². The number of carbonyl (C=O) groups is 1. The Bertz CT molecular complexity index is 690. The molecule has 0 spiro atoms. The minimum Gasteiger partial charge on any atom is -0.348 e. The number of aryl methyl sites for hydroxylation is 2. The van der Waals surface area contributed by atoms with Gasteiger partial charge in [0.1, 0.15) is 0 Å². The lowest BCUT2D eigenvalue weighted by molar-refractivity contribution is -0.125. The molecule has 1 amide bonds. The van der Waals surface area contributed by atoms with E-state index >= 15 is 0 Å². The number of thiazole rings is 1. The first-order valence-corrected chi connectivity index (χ1v) is 8.90. The van der Waals surface area contributed by atoms with Crippen molar-refractivity contribution in [1.29, 1.82) is 0 Å². The average molecular weight is 406 g/mol. The standard InChI is InChI=1S/C16H23N5OS.2ClH/c1-4-15-20-14(9-23-15)10(2)19-16(22)13-7-17-6-12(13)11-5-18-21(3)8-11;;/h5,8-10,12-13,17H,4,6-7H2,1-3H3,(H,19,22);2*1H/t10?,12-,13+;;/m1../s1. The lowest BCUT2D eigenvalue weighted by atomic mass is 9.90. The minimum absolute atomic E-state index is 0. The van der Waals surface area contributed by atoms with E-state index < -0.39 is 0 Å². The summed E-state index contributed by atoms with van der Waals surface area (Å²) in [6.45, 7) is 5.60. The van der Waals surface area contributed by atoms with E-state index in [2.05, 4.69) is 27.6 Å². The van der Waals surface area contributed by atoms with Crippen molar-refractivity contribution in [1.82, 2.24) is 25.4 Å². The first kappa shape index (κ1) is 21.9. The second-order valence-electron chi connectivity index (χ2n) is 6.07. The molecule has 1 aliphatic rings. The van der Waals surface area contributed by atoms with Gasteiger partial charge < -0.3 is 10.6 Å². The topological polar surface area (TPSA) is 71.8 Å². The van der Waals surface area contributed by atoms with Gasteiger partial charge in [-0.1, -0.05) is 6.92 Å². The maximum absolute atomic E-state index is 12.7. The summed E-state index contributed by atoms with van der Waals surface area (Å²) in [6.07, 6.45) is 4.78. The number of rotatable bonds is 5. The molecule has 0 aliphatic carbocycles. The van der Waals surface area contributed by atoms with Crippen LogP contribution < -0.4 is 10.6 Å². The van der Waals surface area contributed by atoms with E-state index in [1.54, 1.807) is 16.0 Å². The van der Waals surface area contributed by atoms with Gasteiger partial charge in [-0.05, 0) is 18.9 Å². The molecular weight excluding hydrogens is 381 g/mol. The van der Waals surface area contributed by atoms with Gasteiger partial charge in [0.2, 0.25) is 5.91 Å². The van der Waals surface area contributed by atoms with Crippen molar-refractivity contribution in [3.05, 3.63) is 34.0 Å². The summed E-state index contributed by atoms with van der Waals surface area (Å²) in [7, 11) is 1.90. The highest BCUT2D eigenvalue weighted by atomic mass is 35.5. The van der Waals surface area contributed by atoms with Gasteiger partial charge in [-0.3, -0.25) is 9.48 Å². The summed E-state index contributed by atoms with van der Waals surface area (Å²) in [4.78, 5) is 17.3. The van der Waals surface area contributed by atoms with Crippen LogP contribution in [0, 0.1) is 5.92 Å². The second kappa shape index (κ2) is 9.52. The molecule has 0 radical (unpaired) electrons. The number of carbonyl (C=O) groups excluding carboxylic acids is 1. The van der Waals surface area contributed by atoms with Crippen LogP contribution in [0.25, 0.3) is 0 Å². The zero-order valence-electron chi connectivity index (χ0n) is 14.6. The molecule has 140 valence electrons. The molecule has 9 heteroatoms. The summed E-state index contributed by atoms with van der Waals surface area (Å²) in [5.41, 5.74) is 2.07. The third-order valence-electron chi connectivity index (χ3n) is 4.38. The van der Waals surface area contributed by atoms with Gasteiger partial charge in [0.15, 0.2) is 0 Å². The van der Waals surface area contributed by atoms with E-state index in [4.69, 9.17) is 0 Å². The highest BCUT2D eigenvalue weighted by Crippen LogP contribution is 2.28. The highest BCUT2D eigenvalue weighted by molar-refractivity contribution is 7.09. The largest absolute Gasteiger partial charge is 0.348 e. The average Bonchev–Trinajstić information content (AvgIpc) is 3.26. The summed E-state index contributed by atoms with van der Waals surface area (Å²) >= 11 is 1.65. The van der Waals surface area contributed by atoms with Gasteiger partial charge in [-0.25, -0.2) is 4.98 Å². The maximum atomic E-state index is 12.7. The molecule has 0 bridgehead atoms. The van der Waals surface area contributed by atoms with Crippen molar-refractivity contribution in [3.63, 3.8) is 0 Å². The van der Waals surface area contributed by atoms with Crippen molar-refractivity contribution in [2.45, 2.75) is 32.2 Å². The number of hydrogen-bond acceptors (Lipinski definition) is 5. The van der Waals surface area contributed by atoms with Crippen molar-refractivity contribution >= 4 is 42.1 Å². The Kier molecular flexibility index (Phi) is 8.34. The zero-order valence-corrected chi connectivity index (χ0v) is 17.0. The molecule has 2 aromatic heterocycles. The molecule has 0 aromatic carbocycles. The van der Waals surface area contributed by atoms with E-state index in [-0.39, 0.29) is 48.6 Å². The molecule has 3 atom stereocenters. The van der Waals surface area contributed by atoms with Gasteiger partial charge >= 0.3 is 0 Å². The summed E-state index contributed by atoms with van der Waals surface area (Å²) in [5.74, 6) is 0.200. The molecule has 0 saturated carbocycles. The fourth-order valence-electron chi connectivity index (χ4n) is 3.02. The number of hydrogen-bond donors (Lipinski definition) is 2. The third kappa shape index (κ3) is 4.94. The van der Waals surface area contributed by atoms with Gasteiger partial charge in [0.05, 0.1) is 28.9 Å². The smallest absolute Gasteiger partial charge is 0.225 e. The van der Waals surface area contributed by atoms with Crippen molar-refractivity contribution < 1.29 is 4.79 Å². The second-order valence-corrected chi connectivity index (χ2v) is 7.01. The van der Waals surface area contributed by atoms with Crippen molar-refractivity contribution in [2.75, 3.05) is 13.1 Å². The van der Waals surface area contributed by atoms with Crippen LogP contribution >= 0.6 is 36.2 Å². The van der Waals surface area contributed by atoms with Crippen LogP contribution in [-0.4, -0.2) is 33.8 Å². The lowest BCUT2D eigenvalue weighted by Crippen LogP contribution is -2.36. The Labute approximate surface area is 164 Å². The van der Waals surface area contributed by atoms with E-state index in [1.807, 2.05) is 31.7 Å². The Morgan fingerprint density at radius 3 is 2.84 bits per heavy atom. The Hall–Kier alpha value is -1.15. The molecule has 1 saturated heterocycles. The summed E-state index contributed by atoms with van der Waals surface area (Å²) in [5, 5.41) is 13.8. The molecule has 6 nitrogen and oxygen atoms in total. The number of nitrogens with one attached hydrogen (secondary N) is 2. The lowest BCUT2D eigenvalue weighted by Gasteiger charge is -2.19. The fourth-order valence-corrected chi connectivity index (χ4v) is 3.86. The van der Waals surface area contributed by atoms with Crippen LogP contribution in [-0.2, 0) is 18.3 Å². The number of halogens is 2. The first-order chi connectivity index (χ1) is 11.1. The van der Waals surface area contributed by atoms with Gasteiger partial charge in [0.25, 0.3) is 0 Å². The van der Waals surface area contributed by atoms with E-state index in [1.165, 1.54) is 0 Å². The SMILES string of the molecule is CCc1nc(C(C)NC(=O)[C@H]2CNC[C@@H]2c2cnn(C)c2)cs1.Cl.Cl. The molecule has 1 fully saturated rings. The van der Waals surface area contributed by atoms with Crippen LogP contribution in [0.4, 0.5) is 0 Å². The molecule has 1 aliphatic heterocycles. The molecular formula is C16H25Cl2N5OS. The van der Waals surface area contributed by atoms with Crippen LogP contribution in [0.15, 0.2) is 17.8 Å². The van der Waals surface area contributed by atoms with Crippen LogP contribution in [0.3, 0.4) is 0 Å². The monoisotopic (exact) mass is 405 g/mol. The van der Waals surface area contributed by atoms with Crippen molar-refractivity contribution in [3.8, 4) is 0 Å². The Balaban J connectivity index is 0.00000156. The Morgan fingerprint density at radius 1 is 1.48 bits per heavy atom. The maximum Gasteiger partial charge on any atom is 0.225 e. The third-order valence-corrected chi connectivity index (χ3v) is 5.39. The highest BCUT2D eigenvalue weighted by Gasteiger charge is 2.35. The predicted octanol–water partition coefficient (Wildman–Crippen LogP) is 2.46. The normalized spacial score (nSPS) is 20.4. The molecule has 3 rings (SSSR count). The molecule has 25 heavy (non-hydrogen) atoms. The van der Waals surface area contributed by atoms with Crippen LogP contribution in [0.5, 0.6) is 0 Å². The Morgan fingerprint density at radius 2 is 2.24 bits per heavy atom. The number of amides is 1. The molecule has 2 aromatic rings. The predicted molar refractivity (Wildman–Crippen MR) is 105 cm³/mol. The quantitative estimate of drug-likeness (QED) is 0.800. The zero-order chi connectivity index (χ0) is 16.4. The fraction of sp³-hybridized carbons (Fsp3) is 0.562.